The molecule has 0 amide bonds. The molecule has 2 nitrogen and oxygen atoms in total. The van der Waals surface area contributed by atoms with Gasteiger partial charge in [0.15, 0.2) is 0 Å². The second kappa shape index (κ2) is 4.72. The van der Waals surface area contributed by atoms with Crippen molar-refractivity contribution in [1.82, 2.24) is 9.55 Å². The number of aryl methyl sites for hydroxylation is 2. The van der Waals surface area contributed by atoms with Gasteiger partial charge < -0.3 is 4.57 Å². The summed E-state index contributed by atoms with van der Waals surface area (Å²) in [5.41, 5.74) is 0. The maximum atomic E-state index is 4.22. The first kappa shape index (κ1) is 9.00. The van der Waals surface area contributed by atoms with Crippen LogP contribution in [0.2, 0.25) is 0 Å². The second-order valence-corrected chi connectivity index (χ2v) is 3.83. The van der Waals surface area contributed by atoms with Crippen molar-refractivity contribution < 1.29 is 0 Å². The van der Waals surface area contributed by atoms with Crippen molar-refractivity contribution in [3.05, 3.63) is 18.2 Å². The molecule has 0 N–H and O–H groups in total. The van der Waals surface area contributed by atoms with E-state index in [-0.39, 0.29) is 0 Å². The van der Waals surface area contributed by atoms with Crippen LogP contribution >= 0.6 is 22.5 Å². The van der Waals surface area contributed by atoms with Crippen LogP contribution in [0.15, 0.2) is 12.4 Å². The predicted octanol–water partition coefficient (Wildman–Crippen LogP) is 1.93. The van der Waals surface area contributed by atoms with E-state index in [4.69, 9.17) is 0 Å². The van der Waals surface area contributed by atoms with E-state index in [2.05, 4.69) is 21.2 Å². The van der Waals surface area contributed by atoms with E-state index in [1.807, 2.05) is 19.4 Å². The van der Waals surface area contributed by atoms with Gasteiger partial charge in [-0.2, -0.15) is 0 Å². The fourth-order valence-corrected chi connectivity index (χ4v) is 1.59. The topological polar surface area (TPSA) is 17.8 Å². The molecule has 0 radical (unpaired) electrons. The van der Waals surface area contributed by atoms with Gasteiger partial charge in [-0.25, -0.2) is 4.98 Å². The molecule has 0 aliphatic carbocycles. The smallest absolute Gasteiger partial charge is 0.108 e. The summed E-state index contributed by atoms with van der Waals surface area (Å²) in [5, 5.41) is 0. The predicted molar refractivity (Wildman–Crippen MR) is 53.0 cm³/mol. The van der Waals surface area contributed by atoms with Crippen molar-refractivity contribution in [1.29, 1.82) is 0 Å². The van der Waals surface area contributed by atoms with Gasteiger partial charge in [0.05, 0.1) is 0 Å². The minimum atomic E-state index is 1.05. The summed E-state index contributed by atoms with van der Waals surface area (Å²) in [7, 11) is 3.61. The standard InChI is InChI=1S/C7H12N2S2/c1-9-5-4-8-7(9)3-2-6-11-10/h4-5,10H,2-3,6H2,1H3. The summed E-state index contributed by atoms with van der Waals surface area (Å²) in [6, 6.07) is 0. The molecule has 4 heteroatoms. The fraction of sp³-hybridized carbons (Fsp3) is 0.571. The number of hydrogen-bond acceptors (Lipinski definition) is 3. The largest absolute Gasteiger partial charge is 0.338 e. The lowest BCUT2D eigenvalue weighted by Crippen LogP contribution is -1.97. The van der Waals surface area contributed by atoms with E-state index in [1.54, 1.807) is 10.8 Å². The lowest BCUT2D eigenvalue weighted by atomic mass is 10.3. The van der Waals surface area contributed by atoms with Crippen LogP contribution in [-0.2, 0) is 13.5 Å². The molecular formula is C7H12N2S2. The molecule has 0 saturated carbocycles. The van der Waals surface area contributed by atoms with E-state index < -0.39 is 0 Å². The van der Waals surface area contributed by atoms with Crippen LogP contribution in [0.4, 0.5) is 0 Å². The van der Waals surface area contributed by atoms with Crippen LogP contribution in [-0.4, -0.2) is 15.3 Å². The number of imidazole rings is 1. The van der Waals surface area contributed by atoms with Crippen molar-refractivity contribution in [2.75, 3.05) is 5.75 Å². The van der Waals surface area contributed by atoms with Crippen LogP contribution < -0.4 is 0 Å². The van der Waals surface area contributed by atoms with Gasteiger partial charge in [-0.3, -0.25) is 0 Å². The lowest BCUT2D eigenvalue weighted by Gasteiger charge is -1.98. The zero-order chi connectivity index (χ0) is 8.10. The molecule has 0 unspecified atom stereocenters. The molecular weight excluding hydrogens is 176 g/mol. The summed E-state index contributed by atoms with van der Waals surface area (Å²) >= 11 is 4.07. The highest BCUT2D eigenvalue weighted by Crippen LogP contribution is 2.08. The fourth-order valence-electron chi connectivity index (χ4n) is 0.932. The molecule has 0 spiro atoms. The molecule has 0 aliphatic heterocycles. The summed E-state index contributed by atoms with van der Waals surface area (Å²) < 4.78 is 2.06. The molecule has 62 valence electrons. The highest BCUT2D eigenvalue weighted by molar-refractivity contribution is 8.68. The Morgan fingerprint density at radius 2 is 2.55 bits per heavy atom. The Balaban J connectivity index is 2.32. The Morgan fingerprint density at radius 3 is 3.09 bits per heavy atom. The molecule has 1 heterocycles. The lowest BCUT2D eigenvalue weighted by molar-refractivity contribution is 0.763. The Hall–Kier alpha value is -0.0900. The number of hydrogen-bond donors (Lipinski definition) is 1. The number of aromatic nitrogens is 2. The molecule has 0 aliphatic rings. The molecule has 0 bridgehead atoms. The first-order valence-corrected chi connectivity index (χ1v) is 5.61. The Morgan fingerprint density at radius 1 is 1.73 bits per heavy atom. The van der Waals surface area contributed by atoms with Crippen LogP contribution in [0, 0.1) is 0 Å². The Bertz CT molecular complexity index is 210. The number of rotatable bonds is 4. The zero-order valence-electron chi connectivity index (χ0n) is 6.53. The second-order valence-electron chi connectivity index (χ2n) is 2.39. The van der Waals surface area contributed by atoms with Crippen molar-refractivity contribution in [2.24, 2.45) is 7.05 Å². The molecule has 1 rings (SSSR count). The van der Waals surface area contributed by atoms with E-state index in [9.17, 15) is 0 Å². The number of nitrogens with zero attached hydrogens (tertiary/aromatic N) is 2. The quantitative estimate of drug-likeness (QED) is 0.442. The normalized spacial score (nSPS) is 10.4. The van der Waals surface area contributed by atoms with Gasteiger partial charge in [0.25, 0.3) is 0 Å². The highest BCUT2D eigenvalue weighted by Gasteiger charge is 1.96. The van der Waals surface area contributed by atoms with Crippen molar-refractivity contribution >= 4 is 22.5 Å². The van der Waals surface area contributed by atoms with E-state index in [1.165, 1.54) is 0 Å². The van der Waals surface area contributed by atoms with Gasteiger partial charge in [-0.05, 0) is 6.42 Å². The summed E-state index contributed by atoms with van der Waals surface area (Å²) in [6.45, 7) is 0. The Kier molecular flexibility index (Phi) is 3.86. The third-order valence-corrected chi connectivity index (χ3v) is 2.58. The summed E-state index contributed by atoms with van der Waals surface area (Å²) in [6.07, 6.45) is 6.02. The average Bonchev–Trinajstić information content (AvgIpc) is 2.37. The van der Waals surface area contributed by atoms with Crippen molar-refractivity contribution in [3.8, 4) is 0 Å². The Labute approximate surface area is 76.2 Å². The van der Waals surface area contributed by atoms with Crippen LogP contribution in [0.25, 0.3) is 0 Å². The molecule has 11 heavy (non-hydrogen) atoms. The van der Waals surface area contributed by atoms with Crippen LogP contribution in [0.3, 0.4) is 0 Å². The maximum Gasteiger partial charge on any atom is 0.108 e. The zero-order valence-corrected chi connectivity index (χ0v) is 8.24. The van der Waals surface area contributed by atoms with Gasteiger partial charge in [0, 0.05) is 31.6 Å². The van der Waals surface area contributed by atoms with Gasteiger partial charge in [-0.15, -0.1) is 11.7 Å². The minimum absolute atomic E-state index is 1.05. The van der Waals surface area contributed by atoms with E-state index >= 15 is 0 Å². The highest BCUT2D eigenvalue weighted by atomic mass is 33.1. The van der Waals surface area contributed by atoms with Crippen molar-refractivity contribution in [2.45, 2.75) is 12.8 Å². The van der Waals surface area contributed by atoms with Gasteiger partial charge >= 0.3 is 0 Å². The molecule has 0 aromatic carbocycles. The van der Waals surface area contributed by atoms with E-state index in [0.29, 0.717) is 0 Å². The minimum Gasteiger partial charge on any atom is -0.338 e. The summed E-state index contributed by atoms with van der Waals surface area (Å²) in [4.78, 5) is 4.22. The van der Waals surface area contributed by atoms with Gasteiger partial charge in [-0.1, -0.05) is 10.8 Å². The summed E-state index contributed by atoms with van der Waals surface area (Å²) in [5.74, 6) is 2.25. The molecule has 1 aromatic heterocycles. The third-order valence-electron chi connectivity index (χ3n) is 1.56. The SMILES string of the molecule is Cn1ccnc1CCCSS. The monoisotopic (exact) mass is 188 g/mol. The van der Waals surface area contributed by atoms with Crippen LogP contribution in [0.5, 0.6) is 0 Å². The average molecular weight is 188 g/mol. The first-order valence-electron chi connectivity index (χ1n) is 3.57. The van der Waals surface area contributed by atoms with Gasteiger partial charge in [0.2, 0.25) is 0 Å². The molecule has 0 saturated heterocycles. The van der Waals surface area contributed by atoms with Gasteiger partial charge in [0.1, 0.15) is 5.82 Å². The maximum absolute atomic E-state index is 4.22. The first-order chi connectivity index (χ1) is 5.34. The molecule has 0 fully saturated rings. The molecule has 1 aromatic rings. The van der Waals surface area contributed by atoms with Crippen molar-refractivity contribution in [3.63, 3.8) is 0 Å². The molecule has 0 atom stereocenters. The van der Waals surface area contributed by atoms with Crippen LogP contribution in [0.1, 0.15) is 12.2 Å². The van der Waals surface area contributed by atoms with E-state index in [0.717, 1.165) is 24.4 Å². The third kappa shape index (κ3) is 2.79. The number of thiol groups is 1.